The largest absolute Gasteiger partial charge is 0.294 e. The number of rotatable bonds is 20. The number of hydrogen-bond acceptors (Lipinski definition) is 2. The Hall–Kier alpha value is -0.760. The number of Topliss-reactive ketones (excluding diaryl/α,β-unsaturated/α-hetero) is 1. The number of ketones is 1. The normalized spacial score (nSPS) is 12.4. The van der Waals surface area contributed by atoms with Gasteiger partial charge in [0.25, 0.3) is 0 Å². The first-order valence-corrected chi connectivity index (χ1v) is 14.3. The molecular formula is C29H50OS. The van der Waals surface area contributed by atoms with E-state index in [0.717, 1.165) is 22.1 Å². The average Bonchev–Trinajstić information content (AvgIpc) is 2.76. The van der Waals surface area contributed by atoms with Gasteiger partial charge in [0.1, 0.15) is 0 Å². The fourth-order valence-electron chi connectivity index (χ4n) is 4.13. The van der Waals surface area contributed by atoms with Gasteiger partial charge in [-0.05, 0) is 24.2 Å². The zero-order valence-electron chi connectivity index (χ0n) is 21.1. The predicted molar refractivity (Wildman–Crippen MR) is 140 cm³/mol. The summed E-state index contributed by atoms with van der Waals surface area (Å²) in [5.74, 6) is 2.23. The van der Waals surface area contributed by atoms with Crippen molar-refractivity contribution in [2.24, 2.45) is 11.8 Å². The molecule has 0 aliphatic rings. The van der Waals surface area contributed by atoms with Crippen molar-refractivity contribution in [3.63, 3.8) is 0 Å². The van der Waals surface area contributed by atoms with E-state index in [2.05, 4.69) is 26.0 Å². The third kappa shape index (κ3) is 14.1. The molecule has 0 saturated carbocycles. The molecule has 0 amide bonds. The molecule has 0 aliphatic carbocycles. The first-order valence-electron chi connectivity index (χ1n) is 13.3. The van der Waals surface area contributed by atoms with Crippen LogP contribution in [-0.2, 0) is 0 Å². The van der Waals surface area contributed by atoms with Crippen molar-refractivity contribution in [3.05, 3.63) is 29.8 Å². The monoisotopic (exact) mass is 446 g/mol. The van der Waals surface area contributed by atoms with E-state index in [0.29, 0.717) is 0 Å². The van der Waals surface area contributed by atoms with Gasteiger partial charge in [-0.3, -0.25) is 4.79 Å². The van der Waals surface area contributed by atoms with Crippen molar-refractivity contribution in [2.45, 2.75) is 129 Å². The molecule has 0 saturated heterocycles. The third-order valence-electron chi connectivity index (χ3n) is 6.35. The summed E-state index contributed by atoms with van der Waals surface area (Å²) in [5, 5.41) is 0. The van der Waals surface area contributed by atoms with Crippen LogP contribution in [0.5, 0.6) is 0 Å². The molecule has 1 aromatic carbocycles. The molecule has 0 aromatic heterocycles. The summed E-state index contributed by atoms with van der Waals surface area (Å²) < 4.78 is 0. The zero-order valence-corrected chi connectivity index (χ0v) is 21.9. The Labute approximate surface area is 198 Å². The van der Waals surface area contributed by atoms with Crippen LogP contribution in [0.25, 0.3) is 0 Å². The third-order valence-corrected chi connectivity index (χ3v) is 7.45. The molecular weight excluding hydrogens is 396 g/mol. The topological polar surface area (TPSA) is 17.1 Å². The summed E-state index contributed by atoms with van der Waals surface area (Å²) >= 11 is 1.86. The minimum Gasteiger partial charge on any atom is -0.294 e. The van der Waals surface area contributed by atoms with Gasteiger partial charge in [0.15, 0.2) is 5.78 Å². The Morgan fingerprint density at radius 1 is 0.742 bits per heavy atom. The van der Waals surface area contributed by atoms with Gasteiger partial charge < -0.3 is 0 Å². The maximum Gasteiger partial charge on any atom is 0.166 e. The maximum atomic E-state index is 12.4. The minimum absolute atomic E-state index is 0.0659. The van der Waals surface area contributed by atoms with Crippen LogP contribution in [0.3, 0.4) is 0 Å². The lowest BCUT2D eigenvalue weighted by Crippen LogP contribution is -2.08. The maximum absolute atomic E-state index is 12.4. The van der Waals surface area contributed by atoms with E-state index in [-0.39, 0.29) is 11.7 Å². The van der Waals surface area contributed by atoms with Crippen molar-refractivity contribution in [1.82, 2.24) is 0 Å². The van der Waals surface area contributed by atoms with Crippen LogP contribution in [0.15, 0.2) is 29.2 Å². The van der Waals surface area contributed by atoms with Crippen LogP contribution in [0.4, 0.5) is 0 Å². The van der Waals surface area contributed by atoms with Crippen molar-refractivity contribution in [2.75, 3.05) is 5.75 Å². The minimum atomic E-state index is 0.0659. The lowest BCUT2D eigenvalue weighted by Gasteiger charge is -2.13. The molecule has 0 fully saturated rings. The van der Waals surface area contributed by atoms with Crippen molar-refractivity contribution >= 4 is 17.5 Å². The number of hydrogen-bond donors (Lipinski definition) is 0. The molecule has 1 unspecified atom stereocenters. The van der Waals surface area contributed by atoms with Gasteiger partial charge in [0.2, 0.25) is 0 Å². The first-order chi connectivity index (χ1) is 15.1. The van der Waals surface area contributed by atoms with Crippen molar-refractivity contribution in [3.8, 4) is 0 Å². The Balaban J connectivity index is 2.00. The molecule has 1 nitrogen and oxygen atoms in total. The summed E-state index contributed by atoms with van der Waals surface area (Å²) in [4.78, 5) is 13.6. The van der Waals surface area contributed by atoms with Gasteiger partial charge >= 0.3 is 0 Å². The molecule has 31 heavy (non-hydrogen) atoms. The van der Waals surface area contributed by atoms with Crippen LogP contribution in [0.2, 0.25) is 0 Å². The van der Waals surface area contributed by atoms with Crippen LogP contribution < -0.4 is 0 Å². The molecule has 0 N–H and O–H groups in total. The summed E-state index contributed by atoms with van der Waals surface area (Å²) in [5.41, 5.74) is 0.909. The van der Waals surface area contributed by atoms with Gasteiger partial charge in [-0.25, -0.2) is 0 Å². The first kappa shape index (κ1) is 28.3. The highest BCUT2D eigenvalue weighted by Gasteiger charge is 2.14. The number of unbranched alkanes of at least 4 members (excludes halogenated alkanes) is 12. The second-order valence-corrected chi connectivity index (χ2v) is 10.9. The van der Waals surface area contributed by atoms with Crippen molar-refractivity contribution < 1.29 is 4.79 Å². The fourth-order valence-corrected chi connectivity index (χ4v) is 5.37. The molecule has 0 heterocycles. The molecule has 0 bridgehead atoms. The Kier molecular flexibility index (Phi) is 17.1. The lowest BCUT2D eigenvalue weighted by atomic mass is 9.99. The standard InChI is InChI=1S/C29H50OS/c1-5-6-7-8-9-10-11-12-13-14-15-16-17-20-26(4)23-24-31-28-22-19-18-21-27(28)29(30)25(2)3/h18-19,21-22,25-26H,5-17,20,23-24H2,1-4H3. The van der Waals surface area contributed by atoms with Gasteiger partial charge in [0, 0.05) is 16.4 Å². The predicted octanol–water partition coefficient (Wildman–Crippen LogP) is 10.1. The highest BCUT2D eigenvalue weighted by Crippen LogP contribution is 2.27. The highest BCUT2D eigenvalue weighted by atomic mass is 32.2. The summed E-state index contributed by atoms with van der Waals surface area (Å²) in [7, 11) is 0. The van der Waals surface area contributed by atoms with Gasteiger partial charge in [-0.1, -0.05) is 136 Å². The van der Waals surface area contributed by atoms with Gasteiger partial charge in [-0.2, -0.15) is 0 Å². The lowest BCUT2D eigenvalue weighted by molar-refractivity contribution is 0.0936. The quantitative estimate of drug-likeness (QED) is 0.112. The van der Waals surface area contributed by atoms with E-state index in [1.807, 2.05) is 37.7 Å². The molecule has 0 aliphatic heterocycles. The molecule has 1 aromatic rings. The van der Waals surface area contributed by atoms with Crippen molar-refractivity contribution in [1.29, 1.82) is 0 Å². The van der Waals surface area contributed by atoms with E-state index in [9.17, 15) is 4.79 Å². The molecule has 0 spiro atoms. The average molecular weight is 447 g/mol. The smallest absolute Gasteiger partial charge is 0.166 e. The van der Waals surface area contributed by atoms with E-state index in [4.69, 9.17) is 0 Å². The van der Waals surface area contributed by atoms with Crippen LogP contribution >= 0.6 is 11.8 Å². The number of carbonyl (C=O) groups is 1. The highest BCUT2D eigenvalue weighted by molar-refractivity contribution is 7.99. The van der Waals surface area contributed by atoms with E-state index >= 15 is 0 Å². The molecule has 178 valence electrons. The molecule has 2 heteroatoms. The SMILES string of the molecule is CCCCCCCCCCCCCCCC(C)CCSc1ccccc1C(=O)C(C)C. The van der Waals surface area contributed by atoms with Gasteiger partial charge in [0.05, 0.1) is 0 Å². The van der Waals surface area contributed by atoms with E-state index < -0.39 is 0 Å². The van der Waals surface area contributed by atoms with Gasteiger partial charge in [-0.15, -0.1) is 11.8 Å². The summed E-state index contributed by atoms with van der Waals surface area (Å²) in [6.07, 6.45) is 21.1. The Bertz CT molecular complexity index is 566. The van der Waals surface area contributed by atoms with E-state index in [1.165, 1.54) is 96.3 Å². The van der Waals surface area contributed by atoms with Crippen LogP contribution in [0.1, 0.15) is 134 Å². The Morgan fingerprint density at radius 3 is 1.81 bits per heavy atom. The Morgan fingerprint density at radius 2 is 1.26 bits per heavy atom. The second-order valence-electron chi connectivity index (χ2n) is 9.79. The molecule has 1 atom stereocenters. The summed E-state index contributed by atoms with van der Waals surface area (Å²) in [6, 6.07) is 8.13. The number of thioether (sulfide) groups is 1. The second kappa shape index (κ2) is 18.8. The molecule has 1 rings (SSSR count). The summed E-state index contributed by atoms with van der Waals surface area (Å²) in [6.45, 7) is 8.66. The number of carbonyl (C=O) groups excluding carboxylic acids is 1. The zero-order chi connectivity index (χ0) is 22.7. The fraction of sp³-hybridized carbons (Fsp3) is 0.759. The molecule has 0 radical (unpaired) electrons. The van der Waals surface area contributed by atoms with Crippen LogP contribution in [-0.4, -0.2) is 11.5 Å². The van der Waals surface area contributed by atoms with Crippen LogP contribution in [0, 0.1) is 11.8 Å². The number of benzene rings is 1. The van der Waals surface area contributed by atoms with E-state index in [1.54, 1.807) is 0 Å².